The summed E-state index contributed by atoms with van der Waals surface area (Å²) in [5.74, 6) is 1.46. The lowest BCUT2D eigenvalue weighted by Gasteiger charge is -2.41. The molecule has 5 heteroatoms. The van der Waals surface area contributed by atoms with Gasteiger partial charge in [0.15, 0.2) is 0 Å². The van der Waals surface area contributed by atoms with Gasteiger partial charge in [-0.1, -0.05) is 51.1 Å². The van der Waals surface area contributed by atoms with Crippen LogP contribution in [-0.4, -0.2) is 52.6 Å². The number of aliphatic hydroxyl groups is 1. The van der Waals surface area contributed by atoms with E-state index in [4.69, 9.17) is 4.42 Å². The first-order valence-electron chi connectivity index (χ1n) is 10.3. The zero-order valence-corrected chi connectivity index (χ0v) is 17.4. The average Bonchev–Trinajstić information content (AvgIpc) is 3.12. The number of piperidine rings is 1. The van der Waals surface area contributed by atoms with Crippen molar-refractivity contribution >= 4 is 5.91 Å². The van der Waals surface area contributed by atoms with Crippen molar-refractivity contribution in [1.82, 2.24) is 9.80 Å². The molecule has 0 unspecified atom stereocenters. The van der Waals surface area contributed by atoms with Gasteiger partial charge >= 0.3 is 0 Å². The zero-order valence-electron chi connectivity index (χ0n) is 17.4. The molecule has 1 aliphatic heterocycles. The van der Waals surface area contributed by atoms with Crippen LogP contribution in [0.3, 0.4) is 0 Å². The Labute approximate surface area is 167 Å². The molecule has 1 amide bonds. The first-order chi connectivity index (χ1) is 13.4. The number of amides is 1. The molecular weight excluding hydrogens is 352 g/mol. The summed E-state index contributed by atoms with van der Waals surface area (Å²) >= 11 is 0. The van der Waals surface area contributed by atoms with E-state index in [9.17, 15) is 9.90 Å². The maximum Gasteiger partial charge on any atom is 0.257 e. The van der Waals surface area contributed by atoms with Crippen molar-refractivity contribution in [2.45, 2.75) is 46.3 Å². The molecule has 5 nitrogen and oxygen atoms in total. The van der Waals surface area contributed by atoms with Crippen LogP contribution in [0.1, 0.15) is 50.2 Å². The second-order valence-corrected chi connectivity index (χ2v) is 8.04. The van der Waals surface area contributed by atoms with E-state index in [2.05, 4.69) is 18.7 Å². The van der Waals surface area contributed by atoms with Gasteiger partial charge in [-0.25, -0.2) is 0 Å². The third-order valence-corrected chi connectivity index (χ3v) is 6.05. The van der Waals surface area contributed by atoms with Crippen LogP contribution in [0.15, 0.2) is 40.8 Å². The maximum atomic E-state index is 13.4. The predicted molar refractivity (Wildman–Crippen MR) is 111 cm³/mol. The number of rotatable bonds is 6. The Morgan fingerprint density at radius 2 is 1.96 bits per heavy atom. The van der Waals surface area contributed by atoms with E-state index in [1.54, 1.807) is 0 Å². The third kappa shape index (κ3) is 4.31. The molecule has 0 aliphatic carbocycles. The predicted octanol–water partition coefficient (Wildman–Crippen LogP) is 4.02. The summed E-state index contributed by atoms with van der Waals surface area (Å²) in [6, 6.07) is 11.7. The number of hydrogen-bond acceptors (Lipinski definition) is 4. The van der Waals surface area contributed by atoms with Gasteiger partial charge in [-0.2, -0.15) is 0 Å². The second-order valence-electron chi connectivity index (χ2n) is 8.04. The lowest BCUT2D eigenvalue weighted by Crippen LogP contribution is -2.50. The van der Waals surface area contributed by atoms with E-state index >= 15 is 0 Å². The van der Waals surface area contributed by atoms with Crippen LogP contribution < -0.4 is 0 Å². The summed E-state index contributed by atoms with van der Waals surface area (Å²) in [6.07, 6.45) is 0.588. The Kier molecular flexibility index (Phi) is 6.26. The van der Waals surface area contributed by atoms with Crippen LogP contribution in [-0.2, 0) is 6.54 Å². The number of benzene rings is 1. The number of nitrogens with zero attached hydrogens (tertiary/aromatic N) is 2. The molecule has 2 aromatic rings. The highest BCUT2D eigenvalue weighted by Gasteiger charge is 2.37. The molecule has 2 atom stereocenters. The van der Waals surface area contributed by atoms with Crippen LogP contribution in [0.4, 0.5) is 0 Å². The first-order valence-corrected chi connectivity index (χ1v) is 10.3. The number of hydrogen-bond donors (Lipinski definition) is 1. The van der Waals surface area contributed by atoms with E-state index in [0.717, 1.165) is 24.4 Å². The van der Waals surface area contributed by atoms with Gasteiger partial charge in [-0.3, -0.25) is 9.69 Å². The molecule has 1 aromatic carbocycles. The van der Waals surface area contributed by atoms with Gasteiger partial charge in [-0.15, -0.1) is 0 Å². The molecule has 1 aliphatic rings. The first kappa shape index (κ1) is 20.6. The number of likely N-dealkylation sites (tertiary alicyclic amines) is 1. The second kappa shape index (κ2) is 8.50. The van der Waals surface area contributed by atoms with Crippen molar-refractivity contribution in [2.75, 3.05) is 26.2 Å². The van der Waals surface area contributed by atoms with Crippen molar-refractivity contribution in [2.24, 2.45) is 5.92 Å². The molecule has 0 radical (unpaired) electrons. The molecule has 28 heavy (non-hydrogen) atoms. The lowest BCUT2D eigenvalue weighted by molar-refractivity contribution is -0.0439. The smallest absolute Gasteiger partial charge is 0.257 e. The Hall–Kier alpha value is -2.11. The van der Waals surface area contributed by atoms with E-state index in [-0.39, 0.29) is 11.8 Å². The zero-order chi connectivity index (χ0) is 20.3. The monoisotopic (exact) mass is 384 g/mol. The quantitative estimate of drug-likeness (QED) is 0.817. The van der Waals surface area contributed by atoms with E-state index in [1.807, 2.05) is 55.1 Å². The SMILES string of the molecule is CCN(CC)Cc1cc(C(=O)N2CC[C@](C)(O)[C@H](C)C2)c(-c2ccccc2)o1. The molecule has 152 valence electrons. The summed E-state index contributed by atoms with van der Waals surface area (Å²) in [5, 5.41) is 10.4. The summed E-state index contributed by atoms with van der Waals surface area (Å²) in [5.41, 5.74) is 0.805. The molecule has 1 N–H and O–H groups in total. The van der Waals surface area contributed by atoms with Gasteiger partial charge in [0, 0.05) is 24.6 Å². The Morgan fingerprint density at radius 3 is 2.57 bits per heavy atom. The van der Waals surface area contributed by atoms with Crippen molar-refractivity contribution in [3.8, 4) is 11.3 Å². The minimum atomic E-state index is -0.719. The number of carbonyl (C=O) groups excluding carboxylic acids is 1. The Balaban J connectivity index is 1.92. The lowest BCUT2D eigenvalue weighted by atomic mass is 9.83. The topological polar surface area (TPSA) is 56.9 Å². The summed E-state index contributed by atoms with van der Waals surface area (Å²) in [7, 11) is 0. The molecule has 0 saturated carbocycles. The minimum absolute atomic E-state index is 0.0178. The van der Waals surface area contributed by atoms with E-state index in [1.165, 1.54) is 0 Å². The fourth-order valence-electron chi connectivity index (χ4n) is 3.73. The standard InChI is InChI=1S/C23H32N2O3/c1-5-24(6-2)16-19-14-20(21(28-19)18-10-8-7-9-11-18)22(26)25-13-12-23(4,27)17(3)15-25/h7-11,14,17,27H,5-6,12-13,15-16H2,1-4H3/t17-,23+/m1/s1. The van der Waals surface area contributed by atoms with Gasteiger partial charge in [-0.05, 0) is 32.5 Å². The Morgan fingerprint density at radius 1 is 1.29 bits per heavy atom. The number of carbonyl (C=O) groups is 1. The fraction of sp³-hybridized carbons (Fsp3) is 0.522. The summed E-state index contributed by atoms with van der Waals surface area (Å²) in [4.78, 5) is 17.5. The molecule has 3 rings (SSSR count). The Bertz CT molecular complexity index is 793. The van der Waals surface area contributed by atoms with Crippen LogP contribution in [0, 0.1) is 5.92 Å². The van der Waals surface area contributed by atoms with Crippen LogP contribution in [0.25, 0.3) is 11.3 Å². The average molecular weight is 385 g/mol. The normalized spacial score (nSPS) is 22.6. The van der Waals surface area contributed by atoms with Gasteiger partial charge in [0.1, 0.15) is 11.5 Å². The molecular formula is C23H32N2O3. The van der Waals surface area contributed by atoms with Crippen molar-refractivity contribution < 1.29 is 14.3 Å². The summed E-state index contributed by atoms with van der Waals surface area (Å²) in [6.45, 7) is 11.8. The molecule has 0 bridgehead atoms. The highest BCUT2D eigenvalue weighted by atomic mass is 16.3. The highest BCUT2D eigenvalue weighted by Crippen LogP contribution is 2.32. The summed E-state index contributed by atoms with van der Waals surface area (Å²) < 4.78 is 6.18. The molecule has 0 spiro atoms. The van der Waals surface area contributed by atoms with Crippen LogP contribution in [0.2, 0.25) is 0 Å². The van der Waals surface area contributed by atoms with Crippen molar-refractivity contribution in [3.05, 3.63) is 47.7 Å². The fourth-order valence-corrected chi connectivity index (χ4v) is 3.73. The minimum Gasteiger partial charge on any atom is -0.459 e. The molecule has 1 saturated heterocycles. The van der Waals surface area contributed by atoms with Crippen LogP contribution in [0.5, 0.6) is 0 Å². The van der Waals surface area contributed by atoms with Crippen molar-refractivity contribution in [1.29, 1.82) is 0 Å². The largest absolute Gasteiger partial charge is 0.459 e. The van der Waals surface area contributed by atoms with Gasteiger partial charge in [0.05, 0.1) is 17.7 Å². The van der Waals surface area contributed by atoms with Gasteiger partial charge in [0.2, 0.25) is 0 Å². The number of furan rings is 1. The molecule has 1 aromatic heterocycles. The van der Waals surface area contributed by atoms with E-state index < -0.39 is 5.60 Å². The van der Waals surface area contributed by atoms with Crippen molar-refractivity contribution in [3.63, 3.8) is 0 Å². The third-order valence-electron chi connectivity index (χ3n) is 6.05. The van der Waals surface area contributed by atoms with Crippen LogP contribution >= 0.6 is 0 Å². The van der Waals surface area contributed by atoms with Gasteiger partial charge in [0.25, 0.3) is 5.91 Å². The van der Waals surface area contributed by atoms with Gasteiger partial charge < -0.3 is 14.4 Å². The molecule has 2 heterocycles. The highest BCUT2D eigenvalue weighted by molar-refractivity contribution is 6.00. The maximum absolute atomic E-state index is 13.4. The molecule has 1 fully saturated rings. The van der Waals surface area contributed by atoms with E-state index in [0.29, 0.717) is 37.4 Å².